The first-order valence-electron chi connectivity index (χ1n) is 3.91. The number of aromatic nitrogens is 2. The van der Waals surface area contributed by atoms with Crippen LogP contribution in [0.2, 0.25) is 0 Å². The minimum atomic E-state index is 0.965. The molecule has 0 aliphatic heterocycles. The number of benzene rings is 1. The highest BCUT2D eigenvalue weighted by Crippen LogP contribution is 2.18. The van der Waals surface area contributed by atoms with Gasteiger partial charge >= 0.3 is 0 Å². The van der Waals surface area contributed by atoms with Crippen LogP contribution in [-0.2, 0) is 6.54 Å². The molecule has 1 aromatic heterocycles. The first-order valence-corrected chi connectivity index (χ1v) is 4.71. The monoisotopic (exact) mass is 224 g/mol. The number of aryl methyl sites for hydroxylation is 1. The predicted molar refractivity (Wildman–Crippen MR) is 53.1 cm³/mol. The third-order valence-electron chi connectivity index (χ3n) is 1.92. The Hall–Kier alpha value is -0.830. The topological polar surface area (TPSA) is 17.8 Å². The number of hydrogen-bond donors (Lipinski definition) is 0. The number of hydrogen-bond acceptors (Lipinski definition) is 1. The van der Waals surface area contributed by atoms with Crippen LogP contribution in [0, 0.1) is 0 Å². The second-order valence-corrected chi connectivity index (χ2v) is 3.58. The average Bonchev–Trinajstić information content (AvgIpc) is 2.46. The lowest BCUT2D eigenvalue weighted by molar-refractivity contribution is 0.787. The quantitative estimate of drug-likeness (QED) is 0.729. The maximum absolute atomic E-state index is 4.27. The van der Waals surface area contributed by atoms with Crippen LogP contribution in [0.15, 0.2) is 29.0 Å². The Labute approximate surface area is 79.3 Å². The summed E-state index contributed by atoms with van der Waals surface area (Å²) in [5, 5.41) is 0. The van der Waals surface area contributed by atoms with Gasteiger partial charge in [0.25, 0.3) is 0 Å². The zero-order chi connectivity index (χ0) is 8.55. The molecule has 2 nitrogen and oxygen atoms in total. The molecule has 62 valence electrons. The normalized spacial score (nSPS) is 10.8. The second-order valence-electron chi connectivity index (χ2n) is 2.66. The van der Waals surface area contributed by atoms with E-state index in [1.54, 1.807) is 0 Å². The second kappa shape index (κ2) is 2.90. The van der Waals surface area contributed by atoms with Gasteiger partial charge in [0, 0.05) is 11.0 Å². The number of rotatable bonds is 1. The van der Waals surface area contributed by atoms with E-state index in [9.17, 15) is 0 Å². The smallest absolute Gasteiger partial charge is 0.0958 e. The molecule has 0 N–H and O–H groups in total. The van der Waals surface area contributed by atoms with Crippen molar-refractivity contribution in [3.63, 3.8) is 0 Å². The lowest BCUT2D eigenvalue weighted by atomic mass is 10.3. The van der Waals surface area contributed by atoms with Gasteiger partial charge in [-0.2, -0.15) is 0 Å². The van der Waals surface area contributed by atoms with Crippen LogP contribution >= 0.6 is 15.9 Å². The molecule has 0 unspecified atom stereocenters. The Morgan fingerprint density at radius 2 is 2.33 bits per heavy atom. The lowest BCUT2D eigenvalue weighted by Crippen LogP contribution is -1.89. The Morgan fingerprint density at radius 3 is 3.08 bits per heavy atom. The lowest BCUT2D eigenvalue weighted by Gasteiger charge is -1.97. The molecule has 1 heterocycles. The van der Waals surface area contributed by atoms with E-state index in [0.29, 0.717) is 0 Å². The van der Waals surface area contributed by atoms with E-state index < -0.39 is 0 Å². The highest BCUT2D eigenvalue weighted by atomic mass is 79.9. The van der Waals surface area contributed by atoms with Gasteiger partial charge in [-0.3, -0.25) is 0 Å². The van der Waals surface area contributed by atoms with E-state index in [-0.39, 0.29) is 0 Å². The Morgan fingerprint density at radius 1 is 1.50 bits per heavy atom. The summed E-state index contributed by atoms with van der Waals surface area (Å²) < 4.78 is 3.23. The number of fused-ring (bicyclic) bond motifs is 1. The summed E-state index contributed by atoms with van der Waals surface area (Å²) in [4.78, 5) is 4.27. The molecule has 0 saturated heterocycles. The Kier molecular flexibility index (Phi) is 1.89. The van der Waals surface area contributed by atoms with Crippen molar-refractivity contribution in [2.75, 3.05) is 0 Å². The fourth-order valence-electron chi connectivity index (χ4n) is 1.28. The number of halogens is 1. The van der Waals surface area contributed by atoms with Crippen molar-refractivity contribution in [2.45, 2.75) is 13.5 Å². The van der Waals surface area contributed by atoms with Crippen molar-refractivity contribution < 1.29 is 0 Å². The minimum Gasteiger partial charge on any atom is -0.331 e. The highest BCUT2D eigenvalue weighted by Gasteiger charge is 1.99. The van der Waals surface area contributed by atoms with Crippen molar-refractivity contribution in [1.29, 1.82) is 0 Å². The van der Waals surface area contributed by atoms with Gasteiger partial charge in [-0.15, -0.1) is 0 Å². The van der Waals surface area contributed by atoms with Crippen LogP contribution < -0.4 is 0 Å². The molecule has 2 rings (SSSR count). The van der Waals surface area contributed by atoms with E-state index in [4.69, 9.17) is 0 Å². The summed E-state index contributed by atoms with van der Waals surface area (Å²) in [7, 11) is 0. The maximum atomic E-state index is 4.27. The Balaban J connectivity index is 2.75. The van der Waals surface area contributed by atoms with Gasteiger partial charge in [-0.05, 0) is 25.1 Å². The first-order chi connectivity index (χ1) is 5.81. The van der Waals surface area contributed by atoms with Crippen LogP contribution in [0.4, 0.5) is 0 Å². The molecule has 2 aromatic rings. The van der Waals surface area contributed by atoms with E-state index in [1.165, 1.54) is 5.52 Å². The SMILES string of the molecule is CCn1cnc2ccc(Br)cc21. The largest absolute Gasteiger partial charge is 0.331 e. The zero-order valence-corrected chi connectivity index (χ0v) is 8.37. The molecule has 0 saturated carbocycles. The molecule has 0 fully saturated rings. The third-order valence-corrected chi connectivity index (χ3v) is 2.42. The van der Waals surface area contributed by atoms with Crippen LogP contribution in [0.1, 0.15) is 6.92 Å². The van der Waals surface area contributed by atoms with E-state index >= 15 is 0 Å². The standard InChI is InChI=1S/C9H9BrN2/c1-2-12-6-11-8-4-3-7(10)5-9(8)12/h3-6H,2H2,1H3. The molecular formula is C9H9BrN2. The van der Waals surface area contributed by atoms with Gasteiger partial charge in [0.15, 0.2) is 0 Å². The van der Waals surface area contributed by atoms with E-state index in [2.05, 4.69) is 38.5 Å². The third kappa shape index (κ3) is 1.14. The van der Waals surface area contributed by atoms with Crippen molar-refractivity contribution >= 4 is 27.0 Å². The summed E-state index contributed by atoms with van der Waals surface area (Å²) in [6, 6.07) is 6.12. The van der Waals surface area contributed by atoms with E-state index in [0.717, 1.165) is 16.5 Å². The molecule has 3 heteroatoms. The molecule has 0 radical (unpaired) electrons. The molecule has 0 bridgehead atoms. The van der Waals surface area contributed by atoms with Gasteiger partial charge in [-0.1, -0.05) is 15.9 Å². The molecule has 0 atom stereocenters. The van der Waals surface area contributed by atoms with Gasteiger partial charge < -0.3 is 4.57 Å². The fraction of sp³-hybridized carbons (Fsp3) is 0.222. The van der Waals surface area contributed by atoms with E-state index in [1.807, 2.05) is 18.5 Å². The molecule has 0 amide bonds. The van der Waals surface area contributed by atoms with Gasteiger partial charge in [-0.25, -0.2) is 4.98 Å². The molecular weight excluding hydrogens is 216 g/mol. The first kappa shape index (κ1) is 7.80. The van der Waals surface area contributed by atoms with Gasteiger partial charge in [0.1, 0.15) is 0 Å². The van der Waals surface area contributed by atoms with Crippen molar-refractivity contribution in [2.24, 2.45) is 0 Å². The van der Waals surface area contributed by atoms with Gasteiger partial charge in [0.2, 0.25) is 0 Å². The molecule has 1 aromatic carbocycles. The maximum Gasteiger partial charge on any atom is 0.0958 e. The summed E-state index contributed by atoms with van der Waals surface area (Å²) >= 11 is 3.44. The summed E-state index contributed by atoms with van der Waals surface area (Å²) in [6.45, 7) is 3.08. The van der Waals surface area contributed by atoms with Crippen molar-refractivity contribution in [3.05, 3.63) is 29.0 Å². The average molecular weight is 225 g/mol. The Bertz CT molecular complexity index is 406. The molecule has 0 aliphatic carbocycles. The molecule has 0 aliphatic rings. The van der Waals surface area contributed by atoms with Crippen LogP contribution in [0.3, 0.4) is 0 Å². The molecule has 0 spiro atoms. The number of nitrogens with zero attached hydrogens (tertiary/aromatic N) is 2. The summed E-state index contributed by atoms with van der Waals surface area (Å²) in [5.74, 6) is 0. The predicted octanol–water partition coefficient (Wildman–Crippen LogP) is 2.82. The van der Waals surface area contributed by atoms with Crippen molar-refractivity contribution in [3.8, 4) is 0 Å². The summed E-state index contributed by atoms with van der Waals surface area (Å²) in [6.07, 6.45) is 1.87. The minimum absolute atomic E-state index is 0.965. The van der Waals surface area contributed by atoms with Crippen LogP contribution in [0.5, 0.6) is 0 Å². The highest BCUT2D eigenvalue weighted by molar-refractivity contribution is 9.10. The van der Waals surface area contributed by atoms with Crippen LogP contribution in [0.25, 0.3) is 11.0 Å². The fourth-order valence-corrected chi connectivity index (χ4v) is 1.63. The zero-order valence-electron chi connectivity index (χ0n) is 6.79. The van der Waals surface area contributed by atoms with Crippen LogP contribution in [-0.4, -0.2) is 9.55 Å². The summed E-state index contributed by atoms with van der Waals surface area (Å²) in [5.41, 5.74) is 2.24. The van der Waals surface area contributed by atoms with Crippen molar-refractivity contribution in [1.82, 2.24) is 9.55 Å². The van der Waals surface area contributed by atoms with Gasteiger partial charge in [0.05, 0.1) is 17.4 Å². The number of imidazole rings is 1. The molecule has 12 heavy (non-hydrogen) atoms.